The Morgan fingerprint density at radius 3 is 2.56 bits per heavy atom. The lowest BCUT2D eigenvalue weighted by molar-refractivity contribution is -0.123. The monoisotopic (exact) mass is 268 g/mol. The predicted molar refractivity (Wildman–Crippen MR) is 75.8 cm³/mol. The molecule has 0 saturated carbocycles. The Morgan fingerprint density at radius 1 is 1.44 bits per heavy atom. The minimum Gasteiger partial charge on any atom is -0.310 e. The molecular weight excluding hydrogens is 248 g/mol. The van der Waals surface area contributed by atoms with Gasteiger partial charge in [-0.3, -0.25) is 4.79 Å². The number of hydrogen-bond donors (Lipinski definition) is 1. The standard InChI is InChI=1S/C14H21ClN2O/c1-5-6-11(15)10-7-8-12(16-9-10)17-13(18)14(2,3)4/h7-9,11H,5-6H2,1-4H3,(H,16,17,18). The minimum absolute atomic E-state index is 0.00475. The van der Waals surface area contributed by atoms with Gasteiger partial charge in [0.2, 0.25) is 5.91 Å². The third kappa shape index (κ3) is 4.30. The quantitative estimate of drug-likeness (QED) is 0.834. The van der Waals surface area contributed by atoms with Gasteiger partial charge in [0.05, 0.1) is 5.38 Å². The molecule has 0 spiro atoms. The summed E-state index contributed by atoms with van der Waals surface area (Å²) in [5.41, 5.74) is 0.574. The van der Waals surface area contributed by atoms with Crippen LogP contribution in [0.5, 0.6) is 0 Å². The van der Waals surface area contributed by atoms with Gasteiger partial charge in [-0.05, 0) is 18.1 Å². The minimum atomic E-state index is -0.419. The van der Waals surface area contributed by atoms with Gasteiger partial charge in [0.25, 0.3) is 0 Å². The Hall–Kier alpha value is -1.09. The molecule has 0 aliphatic heterocycles. The average molecular weight is 269 g/mol. The maximum atomic E-state index is 11.8. The van der Waals surface area contributed by atoms with Crippen molar-refractivity contribution < 1.29 is 4.79 Å². The van der Waals surface area contributed by atoms with Crippen LogP contribution in [0.15, 0.2) is 18.3 Å². The second-order valence-electron chi connectivity index (χ2n) is 5.44. The van der Waals surface area contributed by atoms with Crippen molar-refractivity contribution in [1.29, 1.82) is 0 Å². The molecule has 1 N–H and O–H groups in total. The molecule has 1 aromatic rings. The predicted octanol–water partition coefficient (Wildman–Crippen LogP) is 4.15. The largest absolute Gasteiger partial charge is 0.310 e. The number of aromatic nitrogens is 1. The third-order valence-corrected chi connectivity index (χ3v) is 3.08. The molecule has 1 aromatic heterocycles. The molecular formula is C14H21ClN2O. The molecule has 3 nitrogen and oxygen atoms in total. The number of pyridine rings is 1. The fourth-order valence-electron chi connectivity index (χ4n) is 1.39. The summed E-state index contributed by atoms with van der Waals surface area (Å²) in [5, 5.41) is 2.78. The molecule has 100 valence electrons. The molecule has 0 saturated heterocycles. The zero-order chi connectivity index (χ0) is 13.8. The van der Waals surface area contributed by atoms with Crippen LogP contribution < -0.4 is 5.32 Å². The van der Waals surface area contributed by atoms with Gasteiger partial charge in [0.1, 0.15) is 5.82 Å². The highest BCUT2D eigenvalue weighted by Gasteiger charge is 2.21. The highest BCUT2D eigenvalue weighted by atomic mass is 35.5. The Bertz CT molecular complexity index is 395. The fourth-order valence-corrected chi connectivity index (χ4v) is 1.74. The van der Waals surface area contributed by atoms with E-state index in [4.69, 9.17) is 11.6 Å². The summed E-state index contributed by atoms with van der Waals surface area (Å²) in [6.45, 7) is 7.70. The van der Waals surface area contributed by atoms with E-state index in [0.717, 1.165) is 18.4 Å². The first kappa shape index (κ1) is 15.0. The van der Waals surface area contributed by atoms with E-state index < -0.39 is 5.41 Å². The smallest absolute Gasteiger partial charge is 0.230 e. The van der Waals surface area contributed by atoms with Crippen LogP contribution in [0.2, 0.25) is 0 Å². The van der Waals surface area contributed by atoms with Crippen molar-refractivity contribution >= 4 is 23.3 Å². The van der Waals surface area contributed by atoms with E-state index >= 15 is 0 Å². The molecule has 1 atom stereocenters. The summed E-state index contributed by atoms with van der Waals surface area (Å²) in [6, 6.07) is 3.71. The zero-order valence-electron chi connectivity index (χ0n) is 11.5. The number of nitrogens with zero attached hydrogens (tertiary/aromatic N) is 1. The summed E-state index contributed by atoms with van der Waals surface area (Å²) >= 11 is 6.21. The summed E-state index contributed by atoms with van der Waals surface area (Å²) in [6.07, 6.45) is 3.69. The lowest BCUT2D eigenvalue weighted by Gasteiger charge is -2.17. The van der Waals surface area contributed by atoms with Crippen molar-refractivity contribution in [2.45, 2.75) is 45.9 Å². The SMILES string of the molecule is CCCC(Cl)c1ccc(NC(=O)C(C)(C)C)nc1. The third-order valence-electron chi connectivity index (χ3n) is 2.61. The van der Waals surface area contributed by atoms with Crippen LogP contribution in [0, 0.1) is 5.41 Å². The van der Waals surface area contributed by atoms with Gasteiger partial charge in [-0.2, -0.15) is 0 Å². The molecule has 1 amide bonds. The Balaban J connectivity index is 2.69. The highest BCUT2D eigenvalue weighted by Crippen LogP contribution is 2.25. The number of nitrogens with one attached hydrogen (secondary N) is 1. The van der Waals surface area contributed by atoms with Crippen LogP contribution >= 0.6 is 11.6 Å². The van der Waals surface area contributed by atoms with Gasteiger partial charge in [-0.1, -0.05) is 40.2 Å². The van der Waals surface area contributed by atoms with Gasteiger partial charge in [-0.25, -0.2) is 4.98 Å². The lowest BCUT2D eigenvalue weighted by Crippen LogP contribution is -2.28. The molecule has 0 fully saturated rings. The second kappa shape index (κ2) is 6.19. The lowest BCUT2D eigenvalue weighted by atomic mass is 9.96. The van der Waals surface area contributed by atoms with Gasteiger partial charge in [0, 0.05) is 11.6 Å². The van der Waals surface area contributed by atoms with Crippen molar-refractivity contribution in [2.24, 2.45) is 5.41 Å². The number of alkyl halides is 1. The van der Waals surface area contributed by atoms with Crippen LogP contribution in [0.25, 0.3) is 0 Å². The van der Waals surface area contributed by atoms with E-state index in [1.807, 2.05) is 26.8 Å². The summed E-state index contributed by atoms with van der Waals surface area (Å²) in [4.78, 5) is 16.0. The molecule has 1 heterocycles. The topological polar surface area (TPSA) is 42.0 Å². The number of carbonyl (C=O) groups is 1. The Morgan fingerprint density at radius 2 is 2.11 bits per heavy atom. The number of anilines is 1. The molecule has 4 heteroatoms. The first-order valence-electron chi connectivity index (χ1n) is 6.26. The summed E-state index contributed by atoms with van der Waals surface area (Å²) in [5.74, 6) is 0.526. The van der Waals surface area contributed by atoms with Gasteiger partial charge < -0.3 is 5.32 Å². The van der Waals surface area contributed by atoms with Crippen molar-refractivity contribution in [3.8, 4) is 0 Å². The number of hydrogen-bond acceptors (Lipinski definition) is 2. The average Bonchev–Trinajstić information content (AvgIpc) is 2.29. The highest BCUT2D eigenvalue weighted by molar-refractivity contribution is 6.20. The Labute approximate surface area is 114 Å². The molecule has 0 bridgehead atoms. The molecule has 0 radical (unpaired) electrons. The Kier molecular flexibility index (Phi) is 5.15. The fraction of sp³-hybridized carbons (Fsp3) is 0.571. The van der Waals surface area contributed by atoms with Crippen molar-refractivity contribution in [1.82, 2.24) is 4.98 Å². The first-order valence-corrected chi connectivity index (χ1v) is 6.69. The van der Waals surface area contributed by atoms with Gasteiger partial charge in [0.15, 0.2) is 0 Å². The van der Waals surface area contributed by atoms with Crippen LogP contribution in [0.3, 0.4) is 0 Å². The van der Waals surface area contributed by atoms with Crippen LogP contribution in [0.4, 0.5) is 5.82 Å². The van der Waals surface area contributed by atoms with Crippen molar-refractivity contribution in [2.75, 3.05) is 5.32 Å². The zero-order valence-corrected chi connectivity index (χ0v) is 12.2. The number of carbonyl (C=O) groups excluding carboxylic acids is 1. The van der Waals surface area contributed by atoms with E-state index in [1.54, 1.807) is 12.3 Å². The number of halogens is 1. The molecule has 0 aliphatic carbocycles. The van der Waals surface area contributed by atoms with E-state index in [1.165, 1.54) is 0 Å². The van der Waals surface area contributed by atoms with Crippen molar-refractivity contribution in [3.05, 3.63) is 23.9 Å². The number of amides is 1. The number of rotatable bonds is 4. The van der Waals surface area contributed by atoms with Gasteiger partial charge >= 0.3 is 0 Å². The maximum absolute atomic E-state index is 11.8. The molecule has 0 aromatic carbocycles. The van der Waals surface area contributed by atoms with Crippen LogP contribution in [0.1, 0.15) is 51.5 Å². The van der Waals surface area contributed by atoms with Gasteiger partial charge in [-0.15, -0.1) is 11.6 Å². The van der Waals surface area contributed by atoms with E-state index in [2.05, 4.69) is 17.2 Å². The van der Waals surface area contributed by atoms with Crippen molar-refractivity contribution in [3.63, 3.8) is 0 Å². The van der Waals surface area contributed by atoms with E-state index in [-0.39, 0.29) is 11.3 Å². The van der Waals surface area contributed by atoms with Crippen LogP contribution in [-0.4, -0.2) is 10.9 Å². The van der Waals surface area contributed by atoms with Crippen LogP contribution in [-0.2, 0) is 4.79 Å². The van der Waals surface area contributed by atoms with E-state index in [0.29, 0.717) is 5.82 Å². The molecule has 18 heavy (non-hydrogen) atoms. The second-order valence-corrected chi connectivity index (χ2v) is 5.96. The summed E-state index contributed by atoms with van der Waals surface area (Å²) < 4.78 is 0. The molecule has 1 rings (SSSR count). The molecule has 1 unspecified atom stereocenters. The maximum Gasteiger partial charge on any atom is 0.230 e. The molecule has 0 aliphatic rings. The first-order chi connectivity index (χ1) is 8.34. The normalized spacial score (nSPS) is 13.2. The summed E-state index contributed by atoms with van der Waals surface area (Å²) in [7, 11) is 0. The van der Waals surface area contributed by atoms with E-state index in [9.17, 15) is 4.79 Å².